The number of nitrogens with zero attached hydrogens (tertiary/aromatic N) is 4. The Morgan fingerprint density at radius 2 is 1.09 bits per heavy atom. The Hall–Kier alpha value is -7.24. The topological polar surface area (TPSA) is 48.3 Å². The number of benzene rings is 8. The van der Waals surface area contributed by atoms with Crippen LogP contribution in [0.4, 0.5) is 0 Å². The van der Waals surface area contributed by atoms with Crippen molar-refractivity contribution in [2.45, 2.75) is 0 Å². The van der Waals surface area contributed by atoms with Crippen LogP contribution in [-0.2, 0) is 0 Å². The summed E-state index contributed by atoms with van der Waals surface area (Å²) >= 11 is 0. The number of para-hydroxylation sites is 3. The van der Waals surface area contributed by atoms with E-state index in [2.05, 4.69) is 148 Å². The van der Waals surface area contributed by atoms with Crippen molar-refractivity contribution in [3.05, 3.63) is 158 Å². The van der Waals surface area contributed by atoms with Gasteiger partial charge in [-0.2, -0.15) is 0 Å². The maximum atomic E-state index is 6.73. The smallest absolute Gasteiger partial charge is 0.197 e. The molecule has 0 N–H and O–H groups in total. The van der Waals surface area contributed by atoms with E-state index in [0.29, 0.717) is 11.4 Å². The van der Waals surface area contributed by atoms with Crippen molar-refractivity contribution in [1.82, 2.24) is 18.9 Å². The molecule has 0 aliphatic heterocycles. The zero-order valence-electron chi connectivity index (χ0n) is 28.2. The minimum absolute atomic E-state index is 0.662. The molecule has 0 unspecified atom stereocenters. The molecule has 244 valence electrons. The molecule has 0 aliphatic carbocycles. The molecule has 0 saturated carbocycles. The molecular formula is C48H26N4O. The van der Waals surface area contributed by atoms with Gasteiger partial charge in [0.1, 0.15) is 11.1 Å². The van der Waals surface area contributed by atoms with Crippen LogP contribution in [0.25, 0.3) is 121 Å². The van der Waals surface area contributed by atoms with Crippen molar-refractivity contribution in [2.75, 3.05) is 0 Å². The average Bonchev–Trinajstić information content (AvgIpc) is 3.95. The van der Waals surface area contributed by atoms with Crippen molar-refractivity contribution in [2.24, 2.45) is 0 Å². The van der Waals surface area contributed by atoms with Crippen molar-refractivity contribution in [1.29, 1.82) is 0 Å². The first kappa shape index (κ1) is 27.5. The molecule has 5 aromatic heterocycles. The van der Waals surface area contributed by atoms with Crippen LogP contribution >= 0.6 is 0 Å². The Balaban J connectivity index is 1.24. The Kier molecular flexibility index (Phi) is 5.06. The van der Waals surface area contributed by atoms with Gasteiger partial charge < -0.3 is 8.82 Å². The maximum absolute atomic E-state index is 6.73. The minimum Gasteiger partial charge on any atom is -0.450 e. The van der Waals surface area contributed by atoms with Gasteiger partial charge in [-0.25, -0.2) is 9.97 Å². The summed E-state index contributed by atoms with van der Waals surface area (Å²) in [5.74, 6) is 1.39. The highest BCUT2D eigenvalue weighted by Gasteiger charge is 2.27. The van der Waals surface area contributed by atoms with Crippen LogP contribution in [0.15, 0.2) is 162 Å². The predicted molar refractivity (Wildman–Crippen MR) is 219 cm³/mol. The lowest BCUT2D eigenvalue weighted by Crippen LogP contribution is -2.02. The summed E-state index contributed by atoms with van der Waals surface area (Å²) in [6.45, 7) is 0. The van der Waals surface area contributed by atoms with Gasteiger partial charge in [0.2, 0.25) is 0 Å². The third-order valence-corrected chi connectivity index (χ3v) is 11.4. The first-order valence-corrected chi connectivity index (χ1v) is 18.0. The second-order valence-electron chi connectivity index (χ2n) is 14.2. The molecule has 53 heavy (non-hydrogen) atoms. The third-order valence-electron chi connectivity index (χ3n) is 11.4. The van der Waals surface area contributed by atoms with Crippen LogP contribution in [0.3, 0.4) is 0 Å². The molecule has 0 aliphatic rings. The number of hydrogen-bond donors (Lipinski definition) is 0. The molecule has 5 heteroatoms. The Labute approximate surface area is 300 Å². The fraction of sp³-hybridized carbons (Fsp3) is 0. The first-order chi connectivity index (χ1) is 26.3. The number of aromatic nitrogens is 4. The van der Waals surface area contributed by atoms with E-state index in [1.54, 1.807) is 0 Å². The van der Waals surface area contributed by atoms with Gasteiger partial charge in [0.05, 0.1) is 27.6 Å². The van der Waals surface area contributed by atoms with Crippen LogP contribution in [0.1, 0.15) is 0 Å². The second-order valence-corrected chi connectivity index (χ2v) is 14.2. The summed E-state index contributed by atoms with van der Waals surface area (Å²) in [7, 11) is 0. The van der Waals surface area contributed by atoms with Crippen molar-refractivity contribution in [3.8, 4) is 17.2 Å². The van der Waals surface area contributed by atoms with E-state index in [9.17, 15) is 0 Å². The highest BCUT2D eigenvalue weighted by molar-refractivity contribution is 6.36. The van der Waals surface area contributed by atoms with Gasteiger partial charge in [-0.05, 0) is 70.1 Å². The predicted octanol–water partition coefficient (Wildman–Crippen LogP) is 12.6. The van der Waals surface area contributed by atoms with E-state index in [0.717, 1.165) is 44.3 Å². The molecule has 0 spiro atoms. The summed E-state index contributed by atoms with van der Waals surface area (Å²) in [4.78, 5) is 10.7. The van der Waals surface area contributed by atoms with E-state index in [1.807, 2.05) is 18.2 Å². The maximum Gasteiger partial charge on any atom is 0.197 e. The van der Waals surface area contributed by atoms with Gasteiger partial charge in [0.15, 0.2) is 17.2 Å². The first-order valence-electron chi connectivity index (χ1n) is 18.0. The van der Waals surface area contributed by atoms with Crippen molar-refractivity contribution in [3.63, 3.8) is 0 Å². The summed E-state index contributed by atoms with van der Waals surface area (Å²) in [6.07, 6.45) is 0. The standard InChI is InChI=1S/C48H26N4O/c1-2-12-28-23-31(22-21-27(28)11-1)47-49-44-34-17-7-10-20-41(34)53-46(44)48(50-47)52-38-19-9-5-15-32(38)42-40(52)26-36-35-24-29-13-3-4-14-30(29)25-39(35)51-37-18-8-6-16-33(37)43(42)45(36)51/h1-26H. The van der Waals surface area contributed by atoms with E-state index >= 15 is 0 Å². The summed E-state index contributed by atoms with van der Waals surface area (Å²) in [5, 5.41) is 13.1. The van der Waals surface area contributed by atoms with Gasteiger partial charge in [-0.3, -0.25) is 4.57 Å². The zero-order valence-corrected chi connectivity index (χ0v) is 28.2. The van der Waals surface area contributed by atoms with Gasteiger partial charge in [-0.15, -0.1) is 0 Å². The Morgan fingerprint density at radius 1 is 0.434 bits per heavy atom. The van der Waals surface area contributed by atoms with Gasteiger partial charge >= 0.3 is 0 Å². The monoisotopic (exact) mass is 674 g/mol. The number of furan rings is 1. The molecule has 0 amide bonds. The van der Waals surface area contributed by atoms with Crippen LogP contribution in [0, 0.1) is 0 Å². The normalized spacial score (nSPS) is 12.5. The van der Waals surface area contributed by atoms with Crippen LogP contribution in [-0.4, -0.2) is 18.9 Å². The molecule has 0 bridgehead atoms. The summed E-state index contributed by atoms with van der Waals surface area (Å²) < 4.78 is 11.5. The third kappa shape index (κ3) is 3.51. The van der Waals surface area contributed by atoms with E-state index in [1.165, 1.54) is 65.0 Å². The fourth-order valence-electron chi connectivity index (χ4n) is 9.11. The lowest BCUT2D eigenvalue weighted by molar-refractivity contribution is 0.662. The number of fused-ring (bicyclic) bond motifs is 15. The van der Waals surface area contributed by atoms with Crippen LogP contribution in [0.5, 0.6) is 0 Å². The molecule has 8 aromatic carbocycles. The van der Waals surface area contributed by atoms with Crippen molar-refractivity contribution < 1.29 is 4.42 Å². The molecule has 5 heterocycles. The fourth-order valence-corrected chi connectivity index (χ4v) is 9.11. The molecule has 0 fully saturated rings. The molecule has 0 atom stereocenters. The lowest BCUT2D eigenvalue weighted by Gasteiger charge is -2.11. The zero-order chi connectivity index (χ0) is 34.4. The average molecular weight is 675 g/mol. The Morgan fingerprint density at radius 3 is 1.92 bits per heavy atom. The highest BCUT2D eigenvalue weighted by atomic mass is 16.3. The van der Waals surface area contributed by atoms with E-state index < -0.39 is 0 Å². The van der Waals surface area contributed by atoms with Crippen molar-refractivity contribution >= 4 is 104 Å². The van der Waals surface area contributed by atoms with E-state index in [4.69, 9.17) is 14.4 Å². The molecule has 13 rings (SSSR count). The molecule has 5 nitrogen and oxygen atoms in total. The second kappa shape index (κ2) is 9.75. The van der Waals surface area contributed by atoms with E-state index in [-0.39, 0.29) is 0 Å². The van der Waals surface area contributed by atoms with Crippen LogP contribution in [0.2, 0.25) is 0 Å². The highest BCUT2D eigenvalue weighted by Crippen LogP contribution is 2.48. The minimum atomic E-state index is 0.662. The summed E-state index contributed by atoms with van der Waals surface area (Å²) in [5.41, 5.74) is 9.06. The molecule has 0 saturated heterocycles. The van der Waals surface area contributed by atoms with Gasteiger partial charge in [-0.1, -0.05) is 109 Å². The molecular weight excluding hydrogens is 649 g/mol. The molecule has 0 radical (unpaired) electrons. The lowest BCUT2D eigenvalue weighted by atomic mass is 10.0. The van der Waals surface area contributed by atoms with Gasteiger partial charge in [0.25, 0.3) is 0 Å². The summed E-state index contributed by atoms with van der Waals surface area (Å²) in [6, 6.07) is 56.4. The molecule has 13 aromatic rings. The largest absolute Gasteiger partial charge is 0.450 e. The SMILES string of the molecule is c1ccc2cc(-c3nc(-n4c5ccccc5c5c6c7ccccc7n7c8cc9ccccc9cc8c(cc54)c67)c4oc5ccccc5c4n3)ccc2c1. The number of hydrogen-bond acceptors (Lipinski definition) is 3. The van der Waals surface area contributed by atoms with Gasteiger partial charge in [0, 0.05) is 43.3 Å². The quantitative estimate of drug-likeness (QED) is 0.183. The van der Waals surface area contributed by atoms with Crippen LogP contribution < -0.4 is 0 Å². The Bertz CT molecular complexity index is 3700. The number of rotatable bonds is 2.